The zero-order valence-corrected chi connectivity index (χ0v) is 23.4. The predicted octanol–water partition coefficient (Wildman–Crippen LogP) is 7.41. The number of hydrogen-bond donors (Lipinski definition) is 1. The third-order valence-corrected chi connectivity index (χ3v) is 12.5. The summed E-state index contributed by atoms with van der Waals surface area (Å²) in [5.41, 5.74) is 8.58. The van der Waals surface area contributed by atoms with Gasteiger partial charge in [0.15, 0.2) is 8.32 Å². The summed E-state index contributed by atoms with van der Waals surface area (Å²) in [6, 6.07) is 10.4. The summed E-state index contributed by atoms with van der Waals surface area (Å²) < 4.78 is 12.7. The summed E-state index contributed by atoms with van der Waals surface area (Å²) in [6.45, 7) is 20.9. The summed E-state index contributed by atoms with van der Waals surface area (Å²) in [4.78, 5) is 4.79. The molecule has 1 atom stereocenters. The van der Waals surface area contributed by atoms with E-state index in [4.69, 9.17) is 19.9 Å². The first-order valence-corrected chi connectivity index (χ1v) is 15.5. The van der Waals surface area contributed by atoms with Gasteiger partial charge >= 0.3 is 0 Å². The van der Waals surface area contributed by atoms with Crippen molar-refractivity contribution in [2.24, 2.45) is 17.1 Å². The van der Waals surface area contributed by atoms with Gasteiger partial charge in [0.05, 0.1) is 17.7 Å². The lowest BCUT2D eigenvalue weighted by Crippen LogP contribution is -2.47. The largest absolute Gasteiger partial charge is 0.474 e. The van der Waals surface area contributed by atoms with Crippen LogP contribution in [0.2, 0.25) is 18.1 Å². The quantitative estimate of drug-likeness (QED) is 0.446. The molecule has 1 aromatic heterocycles. The van der Waals surface area contributed by atoms with Crippen LogP contribution in [0.1, 0.15) is 79.7 Å². The van der Waals surface area contributed by atoms with Gasteiger partial charge in [0.2, 0.25) is 5.88 Å². The van der Waals surface area contributed by atoms with Gasteiger partial charge in [-0.1, -0.05) is 47.6 Å². The Morgan fingerprint density at radius 1 is 0.939 bits per heavy atom. The fourth-order valence-electron chi connectivity index (χ4n) is 4.38. The smallest absolute Gasteiger partial charge is 0.214 e. The number of benzene rings is 1. The first-order chi connectivity index (χ1) is 15.1. The first-order valence-electron chi connectivity index (χ1n) is 12.6. The summed E-state index contributed by atoms with van der Waals surface area (Å²) in [7, 11) is -1.85. The highest BCUT2D eigenvalue weighted by Gasteiger charge is 2.39. The highest BCUT2D eigenvalue weighted by Crippen LogP contribution is 2.39. The normalized spacial score (nSPS) is 22.2. The van der Waals surface area contributed by atoms with Crippen molar-refractivity contribution in [3.05, 3.63) is 35.9 Å². The number of nitrogens with two attached hydrogens (primary N) is 1. The van der Waals surface area contributed by atoms with Crippen LogP contribution in [-0.4, -0.2) is 26.0 Å². The summed E-state index contributed by atoms with van der Waals surface area (Å²) in [6.07, 6.45) is 4.96. The molecule has 0 unspecified atom stereocenters. The summed E-state index contributed by atoms with van der Waals surface area (Å²) >= 11 is 0. The van der Waals surface area contributed by atoms with Crippen LogP contribution in [0, 0.1) is 11.3 Å². The van der Waals surface area contributed by atoms with Crippen LogP contribution in [0.5, 0.6) is 5.88 Å². The van der Waals surface area contributed by atoms with Gasteiger partial charge < -0.3 is 14.9 Å². The molecule has 3 rings (SSSR count). The van der Waals surface area contributed by atoms with Crippen LogP contribution in [0.3, 0.4) is 0 Å². The molecule has 0 amide bonds. The molecule has 0 radical (unpaired) electrons. The third kappa shape index (κ3) is 6.37. The fraction of sp³-hybridized carbons (Fsp3) is 0.679. The number of nitrogens with zero attached hydrogens (tertiary/aromatic N) is 1. The van der Waals surface area contributed by atoms with Crippen molar-refractivity contribution in [3.8, 4) is 5.88 Å². The predicted molar refractivity (Wildman–Crippen MR) is 142 cm³/mol. The maximum absolute atomic E-state index is 6.73. The molecule has 1 aromatic carbocycles. The minimum Gasteiger partial charge on any atom is -0.474 e. The van der Waals surface area contributed by atoms with Crippen molar-refractivity contribution in [1.82, 2.24) is 4.98 Å². The molecule has 184 valence electrons. The van der Waals surface area contributed by atoms with Crippen molar-refractivity contribution in [1.29, 1.82) is 0 Å². The topological polar surface area (TPSA) is 57.4 Å². The number of fused-ring (bicyclic) bond motifs is 1. The second kappa shape index (κ2) is 9.31. The van der Waals surface area contributed by atoms with Crippen LogP contribution in [0.25, 0.3) is 10.9 Å². The van der Waals surface area contributed by atoms with Crippen LogP contribution in [0.15, 0.2) is 30.3 Å². The molecule has 1 saturated carbocycles. The van der Waals surface area contributed by atoms with Crippen molar-refractivity contribution in [2.45, 2.75) is 104 Å². The van der Waals surface area contributed by atoms with Crippen LogP contribution >= 0.6 is 0 Å². The minimum absolute atomic E-state index is 0.165. The summed E-state index contributed by atoms with van der Waals surface area (Å²) in [5, 5.41) is 1.25. The molecule has 33 heavy (non-hydrogen) atoms. The van der Waals surface area contributed by atoms with Gasteiger partial charge in [-0.15, -0.1) is 0 Å². The van der Waals surface area contributed by atoms with E-state index in [0.29, 0.717) is 12.0 Å². The average molecular weight is 471 g/mol. The van der Waals surface area contributed by atoms with Gasteiger partial charge in [-0.2, -0.15) is 0 Å². The highest BCUT2D eigenvalue weighted by atomic mass is 28.4. The Bertz CT molecular complexity index is 949. The van der Waals surface area contributed by atoms with Gasteiger partial charge in [0.1, 0.15) is 6.10 Å². The number of ether oxygens (including phenoxy) is 1. The Morgan fingerprint density at radius 2 is 1.58 bits per heavy atom. The van der Waals surface area contributed by atoms with Crippen molar-refractivity contribution >= 4 is 19.2 Å². The van der Waals surface area contributed by atoms with E-state index in [1.807, 2.05) is 6.07 Å². The van der Waals surface area contributed by atoms with Crippen molar-refractivity contribution < 1.29 is 9.16 Å². The SMILES string of the molecule is CC(C)(C)C1CCC(Oc2ccc3cc([C@@](C)(N)CO[Si](C)(C)C(C)(C)C)ccc3n2)CC1. The van der Waals surface area contributed by atoms with E-state index in [1.165, 1.54) is 12.8 Å². The van der Waals surface area contributed by atoms with E-state index in [0.717, 1.165) is 41.1 Å². The van der Waals surface area contributed by atoms with Gasteiger partial charge in [-0.25, -0.2) is 4.98 Å². The van der Waals surface area contributed by atoms with E-state index in [1.54, 1.807) is 0 Å². The van der Waals surface area contributed by atoms with Crippen LogP contribution in [0.4, 0.5) is 0 Å². The van der Waals surface area contributed by atoms with Gasteiger partial charge in [0.25, 0.3) is 0 Å². The van der Waals surface area contributed by atoms with E-state index in [9.17, 15) is 0 Å². The van der Waals surface area contributed by atoms with Crippen molar-refractivity contribution in [3.63, 3.8) is 0 Å². The molecule has 1 fully saturated rings. The minimum atomic E-state index is -1.85. The Kier molecular flexibility index (Phi) is 7.39. The average Bonchev–Trinajstić information content (AvgIpc) is 2.71. The molecule has 1 aliphatic rings. The van der Waals surface area contributed by atoms with Crippen LogP contribution in [-0.2, 0) is 9.96 Å². The van der Waals surface area contributed by atoms with E-state index in [2.05, 4.69) is 85.8 Å². The van der Waals surface area contributed by atoms with E-state index in [-0.39, 0.29) is 11.1 Å². The van der Waals surface area contributed by atoms with Crippen molar-refractivity contribution in [2.75, 3.05) is 6.61 Å². The second-order valence-electron chi connectivity index (χ2n) is 13.0. The maximum Gasteiger partial charge on any atom is 0.214 e. The molecule has 0 spiro atoms. The molecule has 5 heteroatoms. The molecular weight excluding hydrogens is 424 g/mol. The molecule has 4 nitrogen and oxygen atoms in total. The molecule has 0 saturated heterocycles. The van der Waals surface area contributed by atoms with E-state index >= 15 is 0 Å². The Hall–Kier alpha value is -1.43. The lowest BCUT2D eigenvalue weighted by molar-refractivity contribution is 0.0854. The molecular formula is C28H46N2O2Si. The zero-order chi connectivity index (χ0) is 24.7. The molecule has 2 aromatic rings. The van der Waals surface area contributed by atoms with Crippen LogP contribution < -0.4 is 10.5 Å². The van der Waals surface area contributed by atoms with Gasteiger partial charge in [0, 0.05) is 11.5 Å². The number of rotatable bonds is 6. The number of aromatic nitrogens is 1. The molecule has 0 aliphatic heterocycles. The zero-order valence-electron chi connectivity index (χ0n) is 22.4. The first kappa shape index (κ1) is 26.2. The number of hydrogen-bond acceptors (Lipinski definition) is 4. The highest BCUT2D eigenvalue weighted by molar-refractivity contribution is 6.74. The summed E-state index contributed by atoms with van der Waals surface area (Å²) in [5.74, 6) is 1.51. The standard InChI is InChI=1S/C28H46N2O2Si/c1-26(2,3)21-11-14-23(15-12-21)32-25-17-10-20-18-22(13-16-24(20)30-25)28(7,29)19-31-33(8,9)27(4,5)6/h10,13,16-18,21,23H,11-12,14-15,19,29H2,1-9H3/t21?,23?,28-/m0/s1. The molecule has 0 bridgehead atoms. The molecule has 1 aliphatic carbocycles. The molecule has 1 heterocycles. The second-order valence-corrected chi connectivity index (χ2v) is 17.8. The van der Waals surface area contributed by atoms with E-state index < -0.39 is 13.9 Å². The van der Waals surface area contributed by atoms with Gasteiger partial charge in [-0.05, 0) is 85.8 Å². The Balaban J connectivity index is 1.67. The maximum atomic E-state index is 6.73. The van der Waals surface area contributed by atoms with Gasteiger partial charge in [-0.3, -0.25) is 0 Å². The third-order valence-electron chi connectivity index (χ3n) is 8.05. The fourth-order valence-corrected chi connectivity index (χ4v) is 5.47. The molecule has 2 N–H and O–H groups in total. The lowest BCUT2D eigenvalue weighted by atomic mass is 9.72. The lowest BCUT2D eigenvalue weighted by Gasteiger charge is -2.39. The Morgan fingerprint density at radius 3 is 2.15 bits per heavy atom. The Labute approximate surface area is 202 Å². The number of pyridine rings is 1. The monoisotopic (exact) mass is 470 g/mol.